The van der Waals surface area contributed by atoms with Gasteiger partial charge < -0.3 is 0 Å². The van der Waals surface area contributed by atoms with Gasteiger partial charge in [0.1, 0.15) is 0 Å². The molecule has 90 valence electrons. The molecule has 0 amide bonds. The van der Waals surface area contributed by atoms with Crippen LogP contribution in [0.3, 0.4) is 0 Å². The molecule has 1 aromatic rings. The normalized spacial score (nSPS) is 28.7. The van der Waals surface area contributed by atoms with E-state index in [0.29, 0.717) is 0 Å². The fraction of sp³-hybridized carbons (Fsp3) is 0.235. The van der Waals surface area contributed by atoms with Crippen LogP contribution in [0.4, 0.5) is 0 Å². The van der Waals surface area contributed by atoms with Crippen LogP contribution in [-0.4, -0.2) is 5.78 Å². The molecule has 1 heteroatoms. The molecule has 0 bridgehead atoms. The Labute approximate surface area is 108 Å². The lowest BCUT2D eigenvalue weighted by molar-refractivity contribution is 0.0910. The Hall–Kier alpha value is -1.89. The summed E-state index contributed by atoms with van der Waals surface area (Å²) in [6.45, 7) is 2.03. The summed E-state index contributed by atoms with van der Waals surface area (Å²) in [6.07, 6.45) is 11.5. The maximum Gasteiger partial charge on any atom is 0.166 e. The van der Waals surface area contributed by atoms with Crippen LogP contribution in [0.15, 0.2) is 60.2 Å². The summed E-state index contributed by atoms with van der Waals surface area (Å²) in [5, 5.41) is 0. The van der Waals surface area contributed by atoms with Gasteiger partial charge in [-0.1, -0.05) is 61.6 Å². The minimum absolute atomic E-state index is 0.0129. The zero-order valence-electron chi connectivity index (χ0n) is 10.5. The lowest BCUT2D eigenvalue weighted by Crippen LogP contribution is -2.24. The second-order valence-corrected chi connectivity index (χ2v) is 4.99. The third-order valence-corrected chi connectivity index (χ3v) is 3.90. The van der Waals surface area contributed by atoms with E-state index in [1.807, 2.05) is 37.3 Å². The summed E-state index contributed by atoms with van der Waals surface area (Å²) in [7, 11) is 0. The van der Waals surface area contributed by atoms with Crippen molar-refractivity contribution in [3.8, 4) is 0 Å². The predicted molar refractivity (Wildman–Crippen MR) is 73.5 cm³/mol. The van der Waals surface area contributed by atoms with E-state index in [1.165, 1.54) is 5.57 Å². The molecule has 0 aromatic heterocycles. The van der Waals surface area contributed by atoms with Crippen LogP contribution in [0.5, 0.6) is 0 Å². The Balaban J connectivity index is 2.12. The van der Waals surface area contributed by atoms with Crippen LogP contribution >= 0.6 is 0 Å². The third kappa shape index (κ3) is 1.76. The number of hydrogen-bond donors (Lipinski definition) is 0. The van der Waals surface area contributed by atoms with Gasteiger partial charge in [-0.15, -0.1) is 0 Å². The maximum absolute atomic E-state index is 12.6. The summed E-state index contributed by atoms with van der Waals surface area (Å²) in [5.41, 5.74) is 3.30. The fourth-order valence-corrected chi connectivity index (χ4v) is 2.81. The Morgan fingerprint density at radius 1 is 1.17 bits per heavy atom. The Morgan fingerprint density at radius 2 is 2.00 bits per heavy atom. The first kappa shape index (κ1) is 11.2. The van der Waals surface area contributed by atoms with Gasteiger partial charge in [-0.05, 0) is 17.6 Å². The third-order valence-electron chi connectivity index (χ3n) is 3.90. The van der Waals surface area contributed by atoms with Gasteiger partial charge in [0.15, 0.2) is 5.78 Å². The zero-order valence-corrected chi connectivity index (χ0v) is 10.5. The molecular formula is C17H16O. The van der Waals surface area contributed by atoms with Gasteiger partial charge in [-0.3, -0.25) is 4.79 Å². The van der Waals surface area contributed by atoms with Crippen LogP contribution < -0.4 is 0 Å². The fourth-order valence-electron chi connectivity index (χ4n) is 2.81. The second-order valence-electron chi connectivity index (χ2n) is 4.99. The summed E-state index contributed by atoms with van der Waals surface area (Å²) in [5.74, 6) is 0.510. The molecule has 3 rings (SSSR count). The molecule has 1 aromatic carbocycles. The van der Waals surface area contributed by atoms with Gasteiger partial charge in [0.2, 0.25) is 0 Å². The Kier molecular flexibility index (Phi) is 2.75. The first-order chi connectivity index (χ1) is 8.77. The first-order valence-corrected chi connectivity index (χ1v) is 6.44. The van der Waals surface area contributed by atoms with E-state index < -0.39 is 0 Å². The van der Waals surface area contributed by atoms with E-state index in [1.54, 1.807) is 0 Å². The zero-order chi connectivity index (χ0) is 12.5. The number of rotatable bonds is 0. The molecular weight excluding hydrogens is 220 g/mol. The van der Waals surface area contributed by atoms with Crippen molar-refractivity contribution < 1.29 is 4.79 Å². The SMILES string of the molecule is CC1C(=O)c2ccccc2C/C=C2/C=CC=CC21. The van der Waals surface area contributed by atoms with Crippen molar-refractivity contribution in [3.05, 3.63) is 71.3 Å². The van der Waals surface area contributed by atoms with E-state index in [9.17, 15) is 4.79 Å². The van der Waals surface area contributed by atoms with E-state index >= 15 is 0 Å². The molecule has 0 spiro atoms. The molecule has 2 atom stereocenters. The van der Waals surface area contributed by atoms with Gasteiger partial charge in [-0.2, -0.15) is 0 Å². The van der Waals surface area contributed by atoms with Gasteiger partial charge >= 0.3 is 0 Å². The number of carbonyl (C=O) groups is 1. The molecule has 0 saturated carbocycles. The predicted octanol–water partition coefficient (Wildman–Crippen LogP) is 3.73. The van der Waals surface area contributed by atoms with E-state index in [2.05, 4.69) is 24.3 Å². The molecule has 0 aliphatic heterocycles. The largest absolute Gasteiger partial charge is 0.294 e. The molecule has 18 heavy (non-hydrogen) atoms. The average molecular weight is 236 g/mol. The Bertz CT molecular complexity index is 575. The maximum atomic E-state index is 12.6. The minimum atomic E-state index is 0.0129. The van der Waals surface area contributed by atoms with Crippen LogP contribution in [0.2, 0.25) is 0 Å². The molecule has 2 aliphatic carbocycles. The highest BCUT2D eigenvalue weighted by molar-refractivity contribution is 5.99. The lowest BCUT2D eigenvalue weighted by Gasteiger charge is -2.26. The van der Waals surface area contributed by atoms with Crippen LogP contribution in [-0.2, 0) is 6.42 Å². The molecule has 0 N–H and O–H groups in total. The van der Waals surface area contributed by atoms with Crippen molar-refractivity contribution in [3.63, 3.8) is 0 Å². The van der Waals surface area contributed by atoms with E-state index in [-0.39, 0.29) is 17.6 Å². The van der Waals surface area contributed by atoms with Gasteiger partial charge in [0, 0.05) is 17.4 Å². The minimum Gasteiger partial charge on any atom is -0.294 e. The van der Waals surface area contributed by atoms with Gasteiger partial charge in [0.25, 0.3) is 0 Å². The molecule has 2 aliphatic rings. The monoisotopic (exact) mass is 236 g/mol. The topological polar surface area (TPSA) is 17.1 Å². The highest BCUT2D eigenvalue weighted by Gasteiger charge is 2.28. The first-order valence-electron chi connectivity index (χ1n) is 6.44. The highest BCUT2D eigenvalue weighted by Crippen LogP contribution is 2.32. The lowest BCUT2D eigenvalue weighted by atomic mass is 9.77. The van der Waals surface area contributed by atoms with Gasteiger partial charge in [-0.25, -0.2) is 0 Å². The average Bonchev–Trinajstić information content (AvgIpc) is 2.43. The number of benzene rings is 1. The number of hydrogen-bond acceptors (Lipinski definition) is 1. The molecule has 1 nitrogen and oxygen atoms in total. The van der Waals surface area contributed by atoms with Crippen molar-refractivity contribution in [2.45, 2.75) is 13.3 Å². The van der Waals surface area contributed by atoms with Crippen molar-refractivity contribution in [2.24, 2.45) is 11.8 Å². The smallest absolute Gasteiger partial charge is 0.166 e. The van der Waals surface area contributed by atoms with Crippen molar-refractivity contribution in [2.75, 3.05) is 0 Å². The van der Waals surface area contributed by atoms with Gasteiger partial charge in [0.05, 0.1) is 0 Å². The second kappa shape index (κ2) is 4.41. The number of fused-ring (bicyclic) bond motifs is 2. The summed E-state index contributed by atoms with van der Waals surface area (Å²) >= 11 is 0. The molecule has 0 radical (unpaired) electrons. The van der Waals surface area contributed by atoms with Crippen LogP contribution in [0, 0.1) is 11.8 Å². The van der Waals surface area contributed by atoms with Crippen molar-refractivity contribution >= 4 is 5.78 Å². The number of Topliss-reactive ketones (excluding diaryl/α,β-unsaturated/α-hetero) is 1. The summed E-state index contributed by atoms with van der Waals surface area (Å²) in [6, 6.07) is 7.96. The highest BCUT2D eigenvalue weighted by atomic mass is 16.1. The van der Waals surface area contributed by atoms with E-state index in [0.717, 1.165) is 17.5 Å². The summed E-state index contributed by atoms with van der Waals surface area (Å²) in [4.78, 5) is 12.6. The quantitative estimate of drug-likeness (QED) is 0.670. The molecule has 2 unspecified atom stereocenters. The van der Waals surface area contributed by atoms with Crippen molar-refractivity contribution in [1.82, 2.24) is 0 Å². The number of carbonyl (C=O) groups excluding carboxylic acids is 1. The number of ketones is 1. The molecule has 0 saturated heterocycles. The molecule has 0 fully saturated rings. The van der Waals surface area contributed by atoms with Crippen LogP contribution in [0.1, 0.15) is 22.8 Å². The van der Waals surface area contributed by atoms with E-state index in [4.69, 9.17) is 0 Å². The van der Waals surface area contributed by atoms with Crippen LogP contribution in [0.25, 0.3) is 0 Å². The Morgan fingerprint density at radius 3 is 2.89 bits per heavy atom. The summed E-state index contributed by atoms with van der Waals surface area (Å²) < 4.78 is 0. The molecule has 0 heterocycles. The number of allylic oxidation sites excluding steroid dienone is 6. The van der Waals surface area contributed by atoms with Crippen molar-refractivity contribution in [1.29, 1.82) is 0 Å². The standard InChI is InChI=1S/C17H16O/c1-12-15-8-4-2-6-13(15)10-11-14-7-3-5-9-16(14)17(12)18/h2-10,12,15H,11H2,1H3/b13-10-.